The van der Waals surface area contributed by atoms with Crippen LogP contribution in [0.2, 0.25) is 0 Å². The maximum Gasteiger partial charge on any atom is 0.129 e. The molecule has 0 aromatic heterocycles. The maximum atomic E-state index is 2.53. The van der Waals surface area contributed by atoms with E-state index in [1.54, 1.807) is 0 Å². The second-order valence-corrected chi connectivity index (χ2v) is 6.28. The molecule has 2 aromatic carbocycles. The number of hydrogen-bond acceptors (Lipinski definition) is 2. The quantitative estimate of drug-likeness (QED) is 0.794. The molecule has 0 bridgehead atoms. The molecule has 0 spiro atoms. The molecular weight excluding hydrogens is 256 g/mol. The zero-order valence-electron chi connectivity index (χ0n) is 13.3. The van der Waals surface area contributed by atoms with Gasteiger partial charge in [0.05, 0.1) is 11.4 Å². The fraction of sp³-hybridized carbons (Fsp3) is 0.368. The van der Waals surface area contributed by atoms with E-state index < -0.39 is 0 Å². The van der Waals surface area contributed by atoms with Crippen molar-refractivity contribution in [2.24, 2.45) is 0 Å². The van der Waals surface area contributed by atoms with Gasteiger partial charge < -0.3 is 9.80 Å². The van der Waals surface area contributed by atoms with E-state index in [0.717, 1.165) is 0 Å². The van der Waals surface area contributed by atoms with Gasteiger partial charge >= 0.3 is 0 Å². The molecule has 0 radical (unpaired) electrons. The van der Waals surface area contributed by atoms with Crippen LogP contribution in [0.25, 0.3) is 0 Å². The standard InChI is InChI=1S/C19H24N2/c1-14(2)20-17-12-8-9-13-18(17)21(15(3)4)19(20)16-10-6-5-7-11-16/h5-15,19H,1-4H3. The van der Waals surface area contributed by atoms with Crippen LogP contribution in [-0.2, 0) is 0 Å². The van der Waals surface area contributed by atoms with Crippen LogP contribution in [0, 0.1) is 0 Å². The Balaban J connectivity index is 2.16. The largest absolute Gasteiger partial charge is 0.343 e. The SMILES string of the molecule is CC(C)N1c2ccccc2N(C(C)C)C1c1ccccc1. The first-order valence-electron chi connectivity index (χ1n) is 7.82. The van der Waals surface area contributed by atoms with E-state index in [2.05, 4.69) is 92.1 Å². The van der Waals surface area contributed by atoms with Gasteiger partial charge in [-0.2, -0.15) is 0 Å². The second kappa shape index (κ2) is 5.44. The monoisotopic (exact) mass is 280 g/mol. The summed E-state index contributed by atoms with van der Waals surface area (Å²) in [6.07, 6.45) is 0.281. The van der Waals surface area contributed by atoms with Gasteiger partial charge in [-0.3, -0.25) is 0 Å². The van der Waals surface area contributed by atoms with Gasteiger partial charge in [-0.15, -0.1) is 0 Å². The molecule has 0 N–H and O–H groups in total. The summed E-state index contributed by atoms with van der Waals surface area (Å²) in [5.41, 5.74) is 4.04. The number of hydrogen-bond donors (Lipinski definition) is 0. The Bertz CT molecular complexity index is 569. The van der Waals surface area contributed by atoms with Crippen molar-refractivity contribution in [3.8, 4) is 0 Å². The molecule has 110 valence electrons. The summed E-state index contributed by atoms with van der Waals surface area (Å²) in [6, 6.07) is 20.5. The number of benzene rings is 2. The number of nitrogens with zero attached hydrogens (tertiary/aromatic N) is 2. The molecule has 2 nitrogen and oxygen atoms in total. The predicted molar refractivity (Wildman–Crippen MR) is 90.9 cm³/mol. The van der Waals surface area contributed by atoms with Crippen LogP contribution in [0.5, 0.6) is 0 Å². The first-order chi connectivity index (χ1) is 10.1. The van der Waals surface area contributed by atoms with Crippen LogP contribution >= 0.6 is 0 Å². The Hall–Kier alpha value is -1.96. The summed E-state index contributed by atoms with van der Waals surface area (Å²) in [7, 11) is 0. The smallest absolute Gasteiger partial charge is 0.129 e. The molecule has 1 heterocycles. The highest BCUT2D eigenvalue weighted by atomic mass is 15.4. The minimum Gasteiger partial charge on any atom is -0.343 e. The number of para-hydroxylation sites is 2. The molecule has 0 unspecified atom stereocenters. The molecule has 0 saturated heterocycles. The van der Waals surface area contributed by atoms with Crippen LogP contribution < -0.4 is 9.80 Å². The highest BCUT2D eigenvalue weighted by Gasteiger charge is 2.38. The molecule has 0 fully saturated rings. The number of anilines is 2. The molecule has 0 amide bonds. The lowest BCUT2D eigenvalue weighted by Crippen LogP contribution is -2.42. The van der Waals surface area contributed by atoms with Crippen molar-refractivity contribution in [3.63, 3.8) is 0 Å². The van der Waals surface area contributed by atoms with Gasteiger partial charge in [-0.05, 0) is 45.4 Å². The Morgan fingerprint density at radius 3 is 1.52 bits per heavy atom. The van der Waals surface area contributed by atoms with Crippen LogP contribution in [0.1, 0.15) is 39.4 Å². The van der Waals surface area contributed by atoms with Gasteiger partial charge in [-0.25, -0.2) is 0 Å². The summed E-state index contributed by atoms with van der Waals surface area (Å²) >= 11 is 0. The van der Waals surface area contributed by atoms with Crippen molar-refractivity contribution in [2.75, 3.05) is 9.80 Å². The third kappa shape index (κ3) is 2.29. The second-order valence-electron chi connectivity index (χ2n) is 6.28. The minimum absolute atomic E-state index is 0.281. The Labute approximate surface area is 128 Å². The first kappa shape index (κ1) is 14.0. The van der Waals surface area contributed by atoms with Crippen LogP contribution in [0.3, 0.4) is 0 Å². The van der Waals surface area contributed by atoms with Gasteiger partial charge in [0.1, 0.15) is 6.17 Å². The topological polar surface area (TPSA) is 6.48 Å². The van der Waals surface area contributed by atoms with E-state index >= 15 is 0 Å². The summed E-state index contributed by atoms with van der Waals surface area (Å²) in [4.78, 5) is 5.06. The third-order valence-electron chi connectivity index (χ3n) is 4.18. The summed E-state index contributed by atoms with van der Waals surface area (Å²) < 4.78 is 0. The van der Waals surface area contributed by atoms with E-state index in [4.69, 9.17) is 0 Å². The normalized spacial score (nSPS) is 15.1. The molecule has 3 rings (SSSR count). The van der Waals surface area contributed by atoms with E-state index in [0.29, 0.717) is 12.1 Å². The lowest BCUT2D eigenvalue weighted by Gasteiger charge is -2.38. The fourth-order valence-corrected chi connectivity index (χ4v) is 3.37. The lowest BCUT2D eigenvalue weighted by molar-refractivity contribution is 0.527. The van der Waals surface area contributed by atoms with E-state index in [1.807, 2.05) is 0 Å². The van der Waals surface area contributed by atoms with Gasteiger partial charge in [0, 0.05) is 12.1 Å². The molecular formula is C19H24N2. The Kier molecular flexibility index (Phi) is 3.62. The number of fused-ring (bicyclic) bond motifs is 1. The highest BCUT2D eigenvalue weighted by molar-refractivity contribution is 5.79. The van der Waals surface area contributed by atoms with Gasteiger partial charge in [0.15, 0.2) is 0 Å². The Morgan fingerprint density at radius 1 is 0.667 bits per heavy atom. The molecule has 1 aliphatic heterocycles. The van der Waals surface area contributed by atoms with Crippen molar-refractivity contribution in [1.82, 2.24) is 0 Å². The zero-order chi connectivity index (χ0) is 15.0. The highest BCUT2D eigenvalue weighted by Crippen LogP contribution is 2.48. The minimum atomic E-state index is 0.281. The lowest BCUT2D eigenvalue weighted by atomic mass is 10.1. The zero-order valence-corrected chi connectivity index (χ0v) is 13.3. The van der Waals surface area contributed by atoms with Crippen LogP contribution in [-0.4, -0.2) is 12.1 Å². The van der Waals surface area contributed by atoms with E-state index in [-0.39, 0.29) is 6.17 Å². The summed E-state index contributed by atoms with van der Waals surface area (Å²) in [5.74, 6) is 0. The summed E-state index contributed by atoms with van der Waals surface area (Å²) in [6.45, 7) is 9.10. The number of rotatable bonds is 3. The van der Waals surface area contributed by atoms with Gasteiger partial charge in [0.2, 0.25) is 0 Å². The molecule has 0 atom stereocenters. The molecule has 21 heavy (non-hydrogen) atoms. The fourth-order valence-electron chi connectivity index (χ4n) is 3.37. The van der Waals surface area contributed by atoms with E-state index in [1.165, 1.54) is 16.9 Å². The van der Waals surface area contributed by atoms with Gasteiger partial charge in [-0.1, -0.05) is 42.5 Å². The average molecular weight is 280 g/mol. The van der Waals surface area contributed by atoms with Crippen molar-refractivity contribution < 1.29 is 0 Å². The maximum absolute atomic E-state index is 2.53. The summed E-state index contributed by atoms with van der Waals surface area (Å²) in [5, 5.41) is 0. The van der Waals surface area contributed by atoms with Crippen molar-refractivity contribution >= 4 is 11.4 Å². The molecule has 0 aliphatic carbocycles. The molecule has 2 aromatic rings. The van der Waals surface area contributed by atoms with Crippen molar-refractivity contribution in [3.05, 3.63) is 60.2 Å². The average Bonchev–Trinajstić information content (AvgIpc) is 2.83. The van der Waals surface area contributed by atoms with Gasteiger partial charge in [0.25, 0.3) is 0 Å². The third-order valence-corrected chi connectivity index (χ3v) is 4.18. The molecule has 1 aliphatic rings. The molecule has 0 saturated carbocycles. The van der Waals surface area contributed by atoms with E-state index in [9.17, 15) is 0 Å². The first-order valence-corrected chi connectivity index (χ1v) is 7.82. The molecule has 2 heteroatoms. The van der Waals surface area contributed by atoms with Crippen molar-refractivity contribution in [1.29, 1.82) is 0 Å². The van der Waals surface area contributed by atoms with Crippen LogP contribution in [0.4, 0.5) is 11.4 Å². The van der Waals surface area contributed by atoms with Crippen molar-refractivity contribution in [2.45, 2.75) is 45.9 Å². The Morgan fingerprint density at radius 2 is 1.10 bits per heavy atom. The van der Waals surface area contributed by atoms with Crippen LogP contribution in [0.15, 0.2) is 54.6 Å². The predicted octanol–water partition coefficient (Wildman–Crippen LogP) is 4.83.